The molecule has 0 radical (unpaired) electrons. The molecule has 100 valence electrons. The fourth-order valence-corrected chi connectivity index (χ4v) is 1.17. The van der Waals surface area contributed by atoms with Crippen molar-refractivity contribution < 1.29 is 14.3 Å². The van der Waals surface area contributed by atoms with Gasteiger partial charge in [-0.2, -0.15) is 0 Å². The Morgan fingerprint density at radius 2 is 1.82 bits per heavy atom. The first-order valence-corrected chi connectivity index (χ1v) is 6.13. The van der Waals surface area contributed by atoms with Crippen LogP contribution < -0.4 is 5.32 Å². The van der Waals surface area contributed by atoms with Crippen LogP contribution >= 0.6 is 0 Å². The van der Waals surface area contributed by atoms with E-state index in [1.54, 1.807) is 0 Å². The fraction of sp³-hybridized carbons (Fsp3) is 0.846. The van der Waals surface area contributed by atoms with Gasteiger partial charge in [0, 0.05) is 6.42 Å². The zero-order chi connectivity index (χ0) is 13.5. The van der Waals surface area contributed by atoms with Gasteiger partial charge in [-0.05, 0) is 17.8 Å². The molecular formula is C13H25NO3. The highest BCUT2D eigenvalue weighted by Crippen LogP contribution is 2.17. The summed E-state index contributed by atoms with van der Waals surface area (Å²) in [4.78, 5) is 22.7. The smallest absolute Gasteiger partial charge is 0.325 e. The summed E-state index contributed by atoms with van der Waals surface area (Å²) in [6.45, 7) is 10.5. The zero-order valence-corrected chi connectivity index (χ0v) is 11.6. The molecule has 0 aliphatic carbocycles. The maximum Gasteiger partial charge on any atom is 0.325 e. The van der Waals surface area contributed by atoms with Crippen molar-refractivity contribution in [3.63, 3.8) is 0 Å². The number of carbonyl (C=O) groups excluding carboxylic acids is 2. The molecule has 17 heavy (non-hydrogen) atoms. The predicted molar refractivity (Wildman–Crippen MR) is 67.5 cm³/mol. The van der Waals surface area contributed by atoms with Crippen LogP contribution in [0, 0.1) is 11.3 Å². The number of hydrogen-bond donors (Lipinski definition) is 1. The van der Waals surface area contributed by atoms with E-state index in [4.69, 9.17) is 4.74 Å². The SMILES string of the molecule is CC(C)CCOC(=O)CNC(=O)CC(C)(C)C. The van der Waals surface area contributed by atoms with E-state index in [1.807, 2.05) is 20.8 Å². The molecule has 0 saturated heterocycles. The number of hydrogen-bond acceptors (Lipinski definition) is 3. The summed E-state index contributed by atoms with van der Waals surface area (Å²) in [5.74, 6) is 0.0319. The van der Waals surface area contributed by atoms with Gasteiger partial charge < -0.3 is 10.1 Å². The van der Waals surface area contributed by atoms with Crippen LogP contribution in [0.2, 0.25) is 0 Å². The van der Waals surface area contributed by atoms with E-state index in [9.17, 15) is 9.59 Å². The normalized spacial score (nSPS) is 11.4. The van der Waals surface area contributed by atoms with Crippen molar-refractivity contribution in [1.29, 1.82) is 0 Å². The lowest BCUT2D eigenvalue weighted by Gasteiger charge is -2.17. The summed E-state index contributed by atoms with van der Waals surface area (Å²) >= 11 is 0. The summed E-state index contributed by atoms with van der Waals surface area (Å²) in [5, 5.41) is 2.56. The van der Waals surface area contributed by atoms with Gasteiger partial charge in [0.15, 0.2) is 0 Å². The standard InChI is InChI=1S/C13H25NO3/c1-10(2)6-7-17-12(16)9-14-11(15)8-13(3,4)5/h10H,6-9H2,1-5H3,(H,14,15). The molecule has 0 heterocycles. The highest BCUT2D eigenvalue weighted by atomic mass is 16.5. The second-order valence-corrected chi connectivity index (χ2v) is 5.92. The maximum atomic E-state index is 11.4. The molecule has 1 N–H and O–H groups in total. The quantitative estimate of drug-likeness (QED) is 0.727. The molecule has 0 unspecified atom stereocenters. The Morgan fingerprint density at radius 1 is 1.24 bits per heavy atom. The molecule has 0 saturated carbocycles. The summed E-state index contributed by atoms with van der Waals surface area (Å²) in [7, 11) is 0. The monoisotopic (exact) mass is 243 g/mol. The molecule has 0 fully saturated rings. The summed E-state index contributed by atoms with van der Waals surface area (Å²) < 4.78 is 4.98. The molecule has 4 nitrogen and oxygen atoms in total. The van der Waals surface area contributed by atoms with Gasteiger partial charge in [-0.25, -0.2) is 0 Å². The first kappa shape index (κ1) is 15.9. The molecule has 0 bridgehead atoms. The van der Waals surface area contributed by atoms with Crippen LogP contribution in [0.5, 0.6) is 0 Å². The lowest BCUT2D eigenvalue weighted by molar-refractivity contribution is -0.144. The lowest BCUT2D eigenvalue weighted by Crippen LogP contribution is -2.33. The third-order valence-corrected chi connectivity index (χ3v) is 2.08. The molecule has 0 rings (SSSR count). The molecule has 0 aromatic rings. The first-order chi connectivity index (χ1) is 7.70. The number of rotatable bonds is 6. The maximum absolute atomic E-state index is 11.4. The molecule has 0 aromatic carbocycles. The largest absolute Gasteiger partial charge is 0.464 e. The van der Waals surface area contributed by atoms with Crippen LogP contribution in [0.15, 0.2) is 0 Å². The van der Waals surface area contributed by atoms with E-state index in [0.717, 1.165) is 6.42 Å². The van der Waals surface area contributed by atoms with Gasteiger partial charge in [0.1, 0.15) is 6.54 Å². The lowest BCUT2D eigenvalue weighted by atomic mass is 9.92. The van der Waals surface area contributed by atoms with Crippen molar-refractivity contribution in [2.24, 2.45) is 11.3 Å². The van der Waals surface area contributed by atoms with E-state index in [-0.39, 0.29) is 23.8 Å². The minimum absolute atomic E-state index is 0.0347. The van der Waals surface area contributed by atoms with Gasteiger partial charge in [-0.1, -0.05) is 34.6 Å². The molecule has 0 aliphatic rings. The van der Waals surface area contributed by atoms with Crippen LogP contribution in [0.4, 0.5) is 0 Å². The zero-order valence-electron chi connectivity index (χ0n) is 11.6. The van der Waals surface area contributed by atoms with Gasteiger partial charge >= 0.3 is 5.97 Å². The van der Waals surface area contributed by atoms with Crippen molar-refractivity contribution in [3.8, 4) is 0 Å². The van der Waals surface area contributed by atoms with Crippen LogP contribution in [-0.4, -0.2) is 25.0 Å². The van der Waals surface area contributed by atoms with Crippen LogP contribution in [-0.2, 0) is 14.3 Å². The van der Waals surface area contributed by atoms with Crippen LogP contribution in [0.1, 0.15) is 47.5 Å². The highest BCUT2D eigenvalue weighted by Gasteiger charge is 2.16. The molecule has 4 heteroatoms. The fourth-order valence-electron chi connectivity index (χ4n) is 1.17. The Balaban J connectivity index is 3.67. The van der Waals surface area contributed by atoms with Gasteiger partial charge in [0.2, 0.25) is 5.91 Å². The average molecular weight is 243 g/mol. The molecule has 0 aromatic heterocycles. The van der Waals surface area contributed by atoms with Crippen LogP contribution in [0.25, 0.3) is 0 Å². The van der Waals surface area contributed by atoms with Crippen molar-refractivity contribution in [3.05, 3.63) is 0 Å². The Hall–Kier alpha value is -1.06. The van der Waals surface area contributed by atoms with E-state index in [0.29, 0.717) is 18.9 Å². The second kappa shape index (κ2) is 7.30. The molecule has 1 amide bonds. The average Bonchev–Trinajstić information content (AvgIpc) is 2.11. The number of ether oxygens (including phenoxy) is 1. The third kappa shape index (κ3) is 11.2. The van der Waals surface area contributed by atoms with Crippen molar-refractivity contribution in [2.75, 3.05) is 13.2 Å². The van der Waals surface area contributed by atoms with Crippen molar-refractivity contribution >= 4 is 11.9 Å². The number of nitrogens with one attached hydrogen (secondary N) is 1. The highest BCUT2D eigenvalue weighted by molar-refractivity contribution is 5.82. The topological polar surface area (TPSA) is 55.4 Å². The minimum atomic E-state index is -0.368. The summed E-state index contributed by atoms with van der Waals surface area (Å²) in [6.07, 6.45) is 1.26. The van der Waals surface area contributed by atoms with E-state index in [2.05, 4.69) is 19.2 Å². The molecule has 0 spiro atoms. The van der Waals surface area contributed by atoms with E-state index >= 15 is 0 Å². The minimum Gasteiger partial charge on any atom is -0.464 e. The van der Waals surface area contributed by atoms with E-state index in [1.165, 1.54) is 0 Å². The van der Waals surface area contributed by atoms with Gasteiger partial charge in [-0.3, -0.25) is 9.59 Å². The number of amides is 1. The van der Waals surface area contributed by atoms with Gasteiger partial charge in [-0.15, -0.1) is 0 Å². The summed E-state index contributed by atoms with van der Waals surface area (Å²) in [6, 6.07) is 0. The molecule has 0 aliphatic heterocycles. The molecule has 0 atom stereocenters. The van der Waals surface area contributed by atoms with Gasteiger partial charge in [0.05, 0.1) is 6.61 Å². The Bertz CT molecular complexity index is 254. The Labute approximate surface area is 104 Å². The third-order valence-electron chi connectivity index (χ3n) is 2.08. The Morgan fingerprint density at radius 3 is 2.29 bits per heavy atom. The number of esters is 1. The first-order valence-electron chi connectivity index (χ1n) is 6.13. The van der Waals surface area contributed by atoms with Gasteiger partial charge in [0.25, 0.3) is 0 Å². The van der Waals surface area contributed by atoms with Crippen molar-refractivity contribution in [1.82, 2.24) is 5.32 Å². The number of carbonyl (C=O) groups is 2. The van der Waals surface area contributed by atoms with Crippen LogP contribution in [0.3, 0.4) is 0 Å². The van der Waals surface area contributed by atoms with Crippen molar-refractivity contribution in [2.45, 2.75) is 47.5 Å². The predicted octanol–water partition coefficient (Wildman–Crippen LogP) is 2.13. The molecular weight excluding hydrogens is 218 g/mol. The second-order valence-electron chi connectivity index (χ2n) is 5.92. The Kier molecular flexibility index (Phi) is 6.85. The van der Waals surface area contributed by atoms with E-state index < -0.39 is 0 Å². The summed E-state index contributed by atoms with van der Waals surface area (Å²) in [5.41, 5.74) is -0.0639.